The molecule has 0 aromatic heterocycles. The number of hydrogen-bond donors (Lipinski definition) is 0. The fraction of sp³-hybridized carbons (Fsp3) is 0.381. The molecule has 0 N–H and O–H groups in total. The Kier molecular flexibility index (Phi) is 4.00. The molecule has 2 aromatic rings. The average Bonchev–Trinajstić information content (AvgIpc) is 3.39. The van der Waals surface area contributed by atoms with Gasteiger partial charge in [0, 0.05) is 11.6 Å². The first kappa shape index (κ1) is 14.6. The lowest BCUT2D eigenvalue weighted by Crippen LogP contribution is -2.26. The summed E-state index contributed by atoms with van der Waals surface area (Å²) >= 11 is 0. The highest BCUT2D eigenvalue weighted by Gasteiger charge is 2.55. The van der Waals surface area contributed by atoms with E-state index in [1.807, 2.05) is 36.4 Å². The number of Topliss-reactive ketones (excluding diaryl/α,β-unsaturated/α-hetero) is 1. The number of carbonyl (C=O) groups is 1. The van der Waals surface area contributed by atoms with E-state index >= 15 is 0 Å². The van der Waals surface area contributed by atoms with Gasteiger partial charge in [0.1, 0.15) is 0 Å². The van der Waals surface area contributed by atoms with E-state index in [9.17, 15) is 4.79 Å². The summed E-state index contributed by atoms with van der Waals surface area (Å²) in [4.78, 5) is 15.5. The standard InChI is InChI=1S/C21H23NO/c23-21(17-12-6-2-7-13-17)20-19(16-10-4-1-5-11-16)22(20)18-14-8-3-9-15-18/h1-2,4-7,10-13,18-20H,3,8-9,14-15H2/t19-,20-,22?/m0/s1. The van der Waals surface area contributed by atoms with Gasteiger partial charge in [-0.05, 0) is 18.4 Å². The van der Waals surface area contributed by atoms with E-state index in [0.29, 0.717) is 6.04 Å². The molecule has 2 aliphatic rings. The van der Waals surface area contributed by atoms with Crippen molar-refractivity contribution in [3.05, 3.63) is 71.8 Å². The predicted molar refractivity (Wildman–Crippen MR) is 92.5 cm³/mol. The van der Waals surface area contributed by atoms with Crippen LogP contribution in [0.2, 0.25) is 0 Å². The summed E-state index contributed by atoms with van der Waals surface area (Å²) in [6.07, 6.45) is 6.42. The maximum Gasteiger partial charge on any atom is 0.181 e. The van der Waals surface area contributed by atoms with Crippen LogP contribution in [0.1, 0.15) is 54.1 Å². The molecule has 2 aromatic carbocycles. The zero-order valence-corrected chi connectivity index (χ0v) is 13.4. The summed E-state index contributed by atoms with van der Waals surface area (Å²) in [6.45, 7) is 0. The van der Waals surface area contributed by atoms with Crippen molar-refractivity contribution in [3.8, 4) is 0 Å². The predicted octanol–water partition coefficient (Wildman–Crippen LogP) is 4.63. The summed E-state index contributed by atoms with van der Waals surface area (Å²) in [5, 5.41) is 0. The largest absolute Gasteiger partial charge is 0.292 e. The maximum atomic E-state index is 13.0. The first-order valence-electron chi connectivity index (χ1n) is 8.78. The van der Waals surface area contributed by atoms with Crippen LogP contribution in [0.3, 0.4) is 0 Å². The molecule has 1 saturated carbocycles. The van der Waals surface area contributed by atoms with E-state index in [1.165, 1.54) is 37.7 Å². The molecule has 2 heteroatoms. The van der Waals surface area contributed by atoms with Gasteiger partial charge < -0.3 is 0 Å². The third kappa shape index (κ3) is 2.84. The molecule has 4 rings (SSSR count). The topological polar surface area (TPSA) is 20.1 Å². The van der Waals surface area contributed by atoms with Crippen molar-refractivity contribution in [2.24, 2.45) is 0 Å². The zero-order chi connectivity index (χ0) is 15.6. The third-order valence-corrected chi connectivity index (χ3v) is 5.32. The van der Waals surface area contributed by atoms with E-state index in [0.717, 1.165) is 5.56 Å². The van der Waals surface area contributed by atoms with Gasteiger partial charge in [-0.3, -0.25) is 9.69 Å². The molecule has 1 unspecified atom stereocenters. The van der Waals surface area contributed by atoms with E-state index < -0.39 is 0 Å². The molecular formula is C21H23NO. The molecule has 1 saturated heterocycles. The molecule has 0 radical (unpaired) electrons. The first-order chi connectivity index (χ1) is 11.4. The lowest BCUT2D eigenvalue weighted by molar-refractivity contribution is 0.0963. The van der Waals surface area contributed by atoms with Crippen molar-refractivity contribution in [2.45, 2.75) is 50.2 Å². The van der Waals surface area contributed by atoms with Gasteiger partial charge in [-0.2, -0.15) is 0 Å². The molecular weight excluding hydrogens is 282 g/mol. The van der Waals surface area contributed by atoms with Gasteiger partial charge in [0.2, 0.25) is 0 Å². The van der Waals surface area contributed by atoms with Crippen molar-refractivity contribution in [2.75, 3.05) is 0 Å². The van der Waals surface area contributed by atoms with Crippen LogP contribution in [0.4, 0.5) is 0 Å². The molecule has 1 aliphatic heterocycles. The van der Waals surface area contributed by atoms with E-state index in [-0.39, 0.29) is 17.9 Å². The normalized spacial score (nSPS) is 27.6. The van der Waals surface area contributed by atoms with Gasteiger partial charge >= 0.3 is 0 Å². The van der Waals surface area contributed by atoms with Crippen LogP contribution < -0.4 is 0 Å². The van der Waals surface area contributed by atoms with E-state index in [4.69, 9.17) is 0 Å². The van der Waals surface area contributed by atoms with E-state index in [1.54, 1.807) is 0 Å². The Morgan fingerprint density at radius 3 is 2.09 bits per heavy atom. The molecule has 2 fully saturated rings. The minimum Gasteiger partial charge on any atom is -0.292 e. The summed E-state index contributed by atoms with van der Waals surface area (Å²) < 4.78 is 0. The number of rotatable bonds is 4. The SMILES string of the molecule is O=C(c1ccccc1)[C@@H]1[C@H](c2ccccc2)N1C1CCCCC1. The fourth-order valence-electron chi connectivity index (χ4n) is 4.14. The third-order valence-electron chi connectivity index (χ3n) is 5.32. The van der Waals surface area contributed by atoms with Gasteiger partial charge in [-0.25, -0.2) is 0 Å². The Labute approximate surface area is 138 Å². The lowest BCUT2D eigenvalue weighted by atomic mass is 9.95. The first-order valence-corrected chi connectivity index (χ1v) is 8.78. The number of benzene rings is 2. The van der Waals surface area contributed by atoms with Crippen LogP contribution in [0, 0.1) is 0 Å². The summed E-state index contributed by atoms with van der Waals surface area (Å²) in [6, 6.07) is 21.2. The second-order valence-electron chi connectivity index (χ2n) is 6.77. The Morgan fingerprint density at radius 2 is 1.43 bits per heavy atom. The number of nitrogens with zero attached hydrogens (tertiary/aromatic N) is 1. The van der Waals surface area contributed by atoms with Crippen LogP contribution in [0.25, 0.3) is 0 Å². The summed E-state index contributed by atoms with van der Waals surface area (Å²) in [5.41, 5.74) is 2.13. The second kappa shape index (κ2) is 6.29. The zero-order valence-electron chi connectivity index (χ0n) is 13.4. The van der Waals surface area contributed by atoms with Crippen LogP contribution in [-0.2, 0) is 0 Å². The van der Waals surface area contributed by atoms with Gasteiger partial charge in [0.25, 0.3) is 0 Å². The van der Waals surface area contributed by atoms with Gasteiger partial charge in [-0.1, -0.05) is 79.9 Å². The Morgan fingerprint density at radius 1 is 0.826 bits per heavy atom. The van der Waals surface area contributed by atoms with Crippen molar-refractivity contribution in [3.63, 3.8) is 0 Å². The summed E-state index contributed by atoms with van der Waals surface area (Å²) in [5.74, 6) is 0.282. The molecule has 0 bridgehead atoms. The highest BCUT2D eigenvalue weighted by molar-refractivity contribution is 6.02. The molecule has 0 spiro atoms. The van der Waals surface area contributed by atoms with E-state index in [2.05, 4.69) is 29.2 Å². The monoisotopic (exact) mass is 305 g/mol. The van der Waals surface area contributed by atoms with Gasteiger partial charge in [0.15, 0.2) is 5.78 Å². The smallest absolute Gasteiger partial charge is 0.181 e. The van der Waals surface area contributed by atoms with Crippen LogP contribution in [0.15, 0.2) is 60.7 Å². The molecule has 3 atom stereocenters. The lowest BCUT2D eigenvalue weighted by Gasteiger charge is -2.24. The Bertz CT molecular complexity index is 661. The fourth-order valence-corrected chi connectivity index (χ4v) is 4.14. The molecule has 0 amide bonds. The molecule has 1 aliphatic carbocycles. The van der Waals surface area contributed by atoms with Gasteiger partial charge in [0.05, 0.1) is 12.1 Å². The molecule has 1 heterocycles. The molecule has 2 nitrogen and oxygen atoms in total. The Hall–Kier alpha value is -1.93. The molecule has 118 valence electrons. The van der Waals surface area contributed by atoms with Crippen LogP contribution in [-0.4, -0.2) is 22.8 Å². The minimum atomic E-state index is 0.0305. The average molecular weight is 305 g/mol. The van der Waals surface area contributed by atoms with Crippen LogP contribution >= 0.6 is 0 Å². The minimum absolute atomic E-state index is 0.0305. The number of hydrogen-bond acceptors (Lipinski definition) is 2. The highest BCUT2D eigenvalue weighted by Crippen LogP contribution is 2.49. The van der Waals surface area contributed by atoms with Crippen molar-refractivity contribution in [1.29, 1.82) is 0 Å². The second-order valence-corrected chi connectivity index (χ2v) is 6.77. The van der Waals surface area contributed by atoms with Crippen molar-refractivity contribution >= 4 is 5.78 Å². The maximum absolute atomic E-state index is 13.0. The van der Waals surface area contributed by atoms with Crippen molar-refractivity contribution < 1.29 is 4.79 Å². The van der Waals surface area contributed by atoms with Crippen LogP contribution in [0.5, 0.6) is 0 Å². The Balaban J connectivity index is 1.61. The quantitative estimate of drug-likeness (QED) is 0.606. The summed E-state index contributed by atoms with van der Waals surface area (Å²) in [7, 11) is 0. The van der Waals surface area contributed by atoms with Crippen molar-refractivity contribution in [1.82, 2.24) is 4.90 Å². The molecule has 23 heavy (non-hydrogen) atoms. The van der Waals surface area contributed by atoms with Gasteiger partial charge in [-0.15, -0.1) is 0 Å². The number of ketones is 1. The highest BCUT2D eigenvalue weighted by atomic mass is 16.1. The number of carbonyl (C=O) groups excluding carboxylic acids is 1.